The van der Waals surface area contributed by atoms with Gasteiger partial charge in [0.1, 0.15) is 11.9 Å². The van der Waals surface area contributed by atoms with Crippen LogP contribution >= 0.6 is 15.9 Å². The molecule has 2 rings (SSSR count). The fourth-order valence-corrected chi connectivity index (χ4v) is 1.87. The maximum absolute atomic E-state index is 10.8. The smallest absolute Gasteiger partial charge is 0.407 e. The van der Waals surface area contributed by atoms with E-state index in [1.54, 1.807) is 18.2 Å². The first kappa shape index (κ1) is 9.33. The van der Waals surface area contributed by atoms with Crippen LogP contribution in [-0.2, 0) is 4.74 Å². The Bertz CT molecular complexity index is 380. The second kappa shape index (κ2) is 3.49. The standard InChI is InChI=1S/C9H8BrNO3/c10-8-5(2-1-3-6(8)12)7-4-11-9(13)14-7/h1-3,7,12H,4H2,(H,11,13). The lowest BCUT2D eigenvalue weighted by atomic mass is 10.1. The molecule has 0 aliphatic carbocycles. The Morgan fingerprint density at radius 3 is 3.00 bits per heavy atom. The van der Waals surface area contributed by atoms with E-state index in [4.69, 9.17) is 4.74 Å². The van der Waals surface area contributed by atoms with Crippen molar-refractivity contribution in [2.24, 2.45) is 0 Å². The van der Waals surface area contributed by atoms with Crippen molar-refractivity contribution >= 4 is 22.0 Å². The largest absolute Gasteiger partial charge is 0.507 e. The van der Waals surface area contributed by atoms with Crippen molar-refractivity contribution < 1.29 is 14.6 Å². The van der Waals surface area contributed by atoms with Gasteiger partial charge in [0.05, 0.1) is 11.0 Å². The van der Waals surface area contributed by atoms with Gasteiger partial charge in [-0.05, 0) is 22.0 Å². The van der Waals surface area contributed by atoms with Crippen LogP contribution in [0.3, 0.4) is 0 Å². The van der Waals surface area contributed by atoms with Crippen molar-refractivity contribution in [3.63, 3.8) is 0 Å². The van der Waals surface area contributed by atoms with E-state index in [9.17, 15) is 9.90 Å². The fourth-order valence-electron chi connectivity index (χ4n) is 1.35. The summed E-state index contributed by atoms with van der Waals surface area (Å²) in [6.07, 6.45) is -0.755. The van der Waals surface area contributed by atoms with Crippen LogP contribution in [0.2, 0.25) is 0 Å². The average Bonchev–Trinajstić information content (AvgIpc) is 2.57. The molecule has 74 valence electrons. The summed E-state index contributed by atoms with van der Waals surface area (Å²) >= 11 is 3.24. The lowest BCUT2D eigenvalue weighted by Gasteiger charge is -2.10. The van der Waals surface area contributed by atoms with Gasteiger partial charge in [-0.3, -0.25) is 0 Å². The monoisotopic (exact) mass is 257 g/mol. The first-order chi connectivity index (χ1) is 6.68. The van der Waals surface area contributed by atoms with E-state index in [1.165, 1.54) is 0 Å². The summed E-state index contributed by atoms with van der Waals surface area (Å²) in [4.78, 5) is 10.8. The van der Waals surface area contributed by atoms with Gasteiger partial charge in [0.2, 0.25) is 0 Å². The summed E-state index contributed by atoms with van der Waals surface area (Å²) < 4.78 is 5.56. The molecule has 1 aromatic carbocycles. The average molecular weight is 258 g/mol. The Balaban J connectivity index is 2.32. The molecule has 14 heavy (non-hydrogen) atoms. The van der Waals surface area contributed by atoms with E-state index in [0.717, 1.165) is 5.56 Å². The molecule has 1 fully saturated rings. The predicted molar refractivity (Wildman–Crippen MR) is 53.0 cm³/mol. The van der Waals surface area contributed by atoms with Crippen LogP contribution in [0.4, 0.5) is 4.79 Å². The van der Waals surface area contributed by atoms with Crippen LogP contribution in [0.25, 0.3) is 0 Å². The molecule has 0 saturated carbocycles. The van der Waals surface area contributed by atoms with Crippen molar-refractivity contribution in [2.75, 3.05) is 6.54 Å². The zero-order chi connectivity index (χ0) is 10.1. The molecule has 0 radical (unpaired) electrons. The molecule has 0 bridgehead atoms. The van der Waals surface area contributed by atoms with Crippen molar-refractivity contribution in [3.8, 4) is 5.75 Å². The van der Waals surface area contributed by atoms with E-state index in [2.05, 4.69) is 21.2 Å². The summed E-state index contributed by atoms with van der Waals surface area (Å²) in [7, 11) is 0. The number of rotatable bonds is 1. The van der Waals surface area contributed by atoms with Gasteiger partial charge >= 0.3 is 6.09 Å². The van der Waals surface area contributed by atoms with Crippen molar-refractivity contribution in [2.45, 2.75) is 6.10 Å². The zero-order valence-corrected chi connectivity index (χ0v) is 8.74. The van der Waals surface area contributed by atoms with Gasteiger partial charge in [-0.2, -0.15) is 0 Å². The number of ether oxygens (including phenoxy) is 1. The normalized spacial score (nSPS) is 20.4. The Labute approximate surface area is 89.0 Å². The van der Waals surface area contributed by atoms with Gasteiger partial charge in [0.15, 0.2) is 0 Å². The highest BCUT2D eigenvalue weighted by Crippen LogP contribution is 2.33. The summed E-state index contributed by atoms with van der Waals surface area (Å²) in [5.41, 5.74) is 0.767. The third kappa shape index (κ3) is 1.55. The second-order valence-electron chi connectivity index (χ2n) is 2.96. The number of carbonyl (C=O) groups is 1. The molecule has 1 unspecified atom stereocenters. The van der Waals surface area contributed by atoms with Gasteiger partial charge in [0.25, 0.3) is 0 Å². The second-order valence-corrected chi connectivity index (χ2v) is 3.75. The summed E-state index contributed by atoms with van der Waals surface area (Å²) in [5.74, 6) is 0.144. The highest BCUT2D eigenvalue weighted by molar-refractivity contribution is 9.10. The third-order valence-corrected chi connectivity index (χ3v) is 2.90. The first-order valence-corrected chi connectivity index (χ1v) is 4.89. The van der Waals surface area contributed by atoms with Gasteiger partial charge in [-0.15, -0.1) is 0 Å². The van der Waals surface area contributed by atoms with Crippen LogP contribution in [0.15, 0.2) is 22.7 Å². The van der Waals surface area contributed by atoms with Gasteiger partial charge < -0.3 is 15.2 Å². The highest BCUT2D eigenvalue weighted by Gasteiger charge is 2.26. The number of halogens is 1. The Hall–Kier alpha value is -1.23. The molecule has 1 atom stereocenters. The maximum Gasteiger partial charge on any atom is 0.407 e. The topological polar surface area (TPSA) is 58.6 Å². The van der Waals surface area contributed by atoms with Gasteiger partial charge in [0, 0.05) is 5.56 Å². The quantitative estimate of drug-likeness (QED) is 0.809. The number of carbonyl (C=O) groups excluding carboxylic acids is 1. The lowest BCUT2D eigenvalue weighted by molar-refractivity contribution is 0.140. The van der Waals surface area contributed by atoms with Crippen molar-refractivity contribution in [1.29, 1.82) is 0 Å². The van der Waals surface area contributed by atoms with Gasteiger partial charge in [-0.1, -0.05) is 12.1 Å². The van der Waals surface area contributed by atoms with Crippen molar-refractivity contribution in [3.05, 3.63) is 28.2 Å². The molecule has 1 aliphatic rings. The Morgan fingerprint density at radius 2 is 2.36 bits per heavy atom. The molecule has 4 nitrogen and oxygen atoms in total. The van der Waals surface area contributed by atoms with Crippen LogP contribution in [0, 0.1) is 0 Å². The molecule has 1 aliphatic heterocycles. The molecule has 1 heterocycles. The minimum absolute atomic E-state index is 0.144. The SMILES string of the molecule is O=C1NCC(c2cccc(O)c2Br)O1. The number of hydrogen-bond donors (Lipinski definition) is 2. The van der Waals surface area contributed by atoms with Crippen LogP contribution < -0.4 is 5.32 Å². The molecule has 1 amide bonds. The molecule has 0 aromatic heterocycles. The Morgan fingerprint density at radius 1 is 1.57 bits per heavy atom. The highest BCUT2D eigenvalue weighted by atomic mass is 79.9. The van der Waals surface area contributed by atoms with Gasteiger partial charge in [-0.25, -0.2) is 4.79 Å². The molecule has 2 N–H and O–H groups in total. The van der Waals surface area contributed by atoms with E-state index in [-0.39, 0.29) is 11.9 Å². The number of hydrogen-bond acceptors (Lipinski definition) is 3. The number of benzene rings is 1. The van der Waals surface area contributed by atoms with E-state index in [1.807, 2.05) is 0 Å². The molecule has 1 saturated heterocycles. The third-order valence-electron chi connectivity index (χ3n) is 2.04. The van der Waals surface area contributed by atoms with Crippen LogP contribution in [0.5, 0.6) is 5.75 Å². The van der Waals surface area contributed by atoms with Crippen molar-refractivity contribution in [1.82, 2.24) is 5.32 Å². The molecule has 5 heteroatoms. The molecule has 1 aromatic rings. The first-order valence-electron chi connectivity index (χ1n) is 4.10. The number of phenols is 1. The number of phenolic OH excluding ortho intramolecular Hbond substituents is 1. The van der Waals surface area contributed by atoms with Crippen LogP contribution in [-0.4, -0.2) is 17.7 Å². The number of amides is 1. The van der Waals surface area contributed by atoms with Crippen LogP contribution in [0.1, 0.15) is 11.7 Å². The number of cyclic esters (lactones) is 1. The molecular formula is C9H8BrNO3. The Kier molecular flexibility index (Phi) is 2.33. The summed E-state index contributed by atoms with van der Waals surface area (Å²) in [5, 5.41) is 12.0. The van der Waals surface area contributed by atoms with E-state index < -0.39 is 6.09 Å². The van der Waals surface area contributed by atoms with E-state index >= 15 is 0 Å². The number of nitrogens with one attached hydrogen (secondary N) is 1. The maximum atomic E-state index is 10.8. The fraction of sp³-hybridized carbons (Fsp3) is 0.222. The number of alkyl carbamates (subject to hydrolysis) is 1. The minimum Gasteiger partial charge on any atom is -0.507 e. The molecular weight excluding hydrogens is 250 g/mol. The number of aromatic hydroxyl groups is 1. The lowest BCUT2D eigenvalue weighted by Crippen LogP contribution is -2.12. The summed E-state index contributed by atoms with van der Waals surface area (Å²) in [6, 6.07) is 5.08. The minimum atomic E-state index is -0.426. The predicted octanol–water partition coefficient (Wildman–Crippen LogP) is 1.94. The zero-order valence-electron chi connectivity index (χ0n) is 7.16. The molecule has 0 spiro atoms. The summed E-state index contributed by atoms with van der Waals surface area (Å²) in [6.45, 7) is 0.431. The van der Waals surface area contributed by atoms with E-state index in [0.29, 0.717) is 11.0 Å².